The lowest BCUT2D eigenvalue weighted by atomic mass is 10.0. The Morgan fingerprint density at radius 2 is 1.85 bits per heavy atom. The van der Waals surface area contributed by atoms with Crippen molar-refractivity contribution in [2.24, 2.45) is 0 Å². The van der Waals surface area contributed by atoms with Crippen molar-refractivity contribution in [3.63, 3.8) is 0 Å². The summed E-state index contributed by atoms with van der Waals surface area (Å²) in [6, 6.07) is 9.40. The van der Waals surface area contributed by atoms with Crippen molar-refractivity contribution in [3.8, 4) is 11.3 Å². The smallest absolute Gasteiger partial charge is 0.211 e. The fourth-order valence-electron chi connectivity index (χ4n) is 1.50. The number of aromatic nitrogens is 2. The predicted molar refractivity (Wildman–Crippen MR) is 86.7 cm³/mol. The second-order valence-electron chi connectivity index (χ2n) is 3.40. The normalized spacial score (nSPS) is 8.45. The number of benzene rings is 1. The van der Waals surface area contributed by atoms with Gasteiger partial charge < -0.3 is 5.32 Å². The van der Waals surface area contributed by atoms with E-state index in [1.807, 2.05) is 65.0 Å². The fourth-order valence-corrected chi connectivity index (χ4v) is 1.50. The standard InChI is InChI=1S/C12H11N3O.2C2H6.H2/c1-9-4-5-10(13-8-16)7-11(9)12-3-2-6-14-15-12;2*1-2;/h2-8H,1H3,(H,13,16);2*1-2H3;1H. The molecule has 0 spiro atoms. The van der Waals surface area contributed by atoms with Crippen LogP contribution in [0.4, 0.5) is 5.69 Å². The molecule has 0 aliphatic carbocycles. The summed E-state index contributed by atoms with van der Waals surface area (Å²) in [4.78, 5) is 10.4. The molecule has 0 aliphatic rings. The SMILES string of the molecule is CC.CC.Cc1ccc(NC=O)cc1-c1cccnn1.[HH]. The number of carbonyl (C=O) groups is 1. The monoisotopic (exact) mass is 275 g/mol. The molecule has 0 radical (unpaired) electrons. The van der Waals surface area contributed by atoms with E-state index in [9.17, 15) is 4.79 Å². The Balaban J connectivity index is 0. The number of anilines is 1. The molecule has 0 atom stereocenters. The van der Waals surface area contributed by atoms with E-state index in [4.69, 9.17) is 0 Å². The maximum absolute atomic E-state index is 10.4. The number of nitrogens with zero attached hydrogens (tertiary/aromatic N) is 2. The molecule has 0 aliphatic heterocycles. The van der Waals surface area contributed by atoms with E-state index in [0.29, 0.717) is 6.41 Å². The third kappa shape index (κ3) is 5.18. The number of hydrogen-bond donors (Lipinski definition) is 1. The third-order valence-corrected chi connectivity index (χ3v) is 2.31. The van der Waals surface area contributed by atoms with Gasteiger partial charge in [0.1, 0.15) is 0 Å². The van der Waals surface area contributed by atoms with Crippen LogP contribution in [-0.4, -0.2) is 16.6 Å². The van der Waals surface area contributed by atoms with Crippen molar-refractivity contribution in [1.29, 1.82) is 0 Å². The molecule has 4 heteroatoms. The van der Waals surface area contributed by atoms with Gasteiger partial charge in [0, 0.05) is 18.9 Å². The van der Waals surface area contributed by atoms with Crippen molar-refractivity contribution in [2.75, 3.05) is 5.32 Å². The van der Waals surface area contributed by atoms with E-state index < -0.39 is 0 Å². The minimum atomic E-state index is 0. The van der Waals surface area contributed by atoms with Crippen LogP contribution in [0.2, 0.25) is 0 Å². The second-order valence-corrected chi connectivity index (χ2v) is 3.40. The average Bonchev–Trinajstić information content (AvgIpc) is 2.54. The number of amides is 1. The van der Waals surface area contributed by atoms with E-state index in [1.165, 1.54) is 0 Å². The summed E-state index contributed by atoms with van der Waals surface area (Å²) in [5.74, 6) is 0. The molecule has 1 aromatic heterocycles. The molecule has 0 fully saturated rings. The summed E-state index contributed by atoms with van der Waals surface area (Å²) in [6.45, 7) is 9.99. The van der Waals surface area contributed by atoms with Gasteiger partial charge in [-0.1, -0.05) is 33.8 Å². The van der Waals surface area contributed by atoms with Gasteiger partial charge in [-0.2, -0.15) is 10.2 Å². The van der Waals surface area contributed by atoms with Crippen LogP contribution in [0.5, 0.6) is 0 Å². The second kappa shape index (κ2) is 10.7. The first kappa shape index (κ1) is 17.8. The highest BCUT2D eigenvalue weighted by Crippen LogP contribution is 2.24. The van der Waals surface area contributed by atoms with Crippen LogP contribution in [0.3, 0.4) is 0 Å². The van der Waals surface area contributed by atoms with Crippen molar-refractivity contribution in [3.05, 3.63) is 42.1 Å². The largest absolute Gasteiger partial charge is 0.329 e. The van der Waals surface area contributed by atoms with Gasteiger partial charge in [-0.25, -0.2) is 0 Å². The Hall–Kier alpha value is -2.23. The maximum atomic E-state index is 10.4. The highest BCUT2D eigenvalue weighted by Gasteiger charge is 2.04. The number of aryl methyl sites for hydroxylation is 1. The molecular weight excluding hydrogens is 250 g/mol. The molecule has 110 valence electrons. The van der Waals surface area contributed by atoms with Gasteiger partial charge >= 0.3 is 0 Å². The van der Waals surface area contributed by atoms with Crippen molar-refractivity contribution < 1.29 is 6.22 Å². The van der Waals surface area contributed by atoms with Gasteiger partial charge in [-0.15, -0.1) is 0 Å². The molecule has 1 heterocycles. The molecule has 0 saturated heterocycles. The lowest BCUT2D eigenvalue weighted by Crippen LogP contribution is -1.95. The molecule has 1 N–H and O–H groups in total. The first-order valence-electron chi connectivity index (χ1n) is 6.90. The molecule has 0 saturated carbocycles. The molecule has 1 aromatic carbocycles. The number of hydrogen-bond acceptors (Lipinski definition) is 3. The molecule has 20 heavy (non-hydrogen) atoms. The van der Waals surface area contributed by atoms with Crippen LogP contribution >= 0.6 is 0 Å². The summed E-state index contributed by atoms with van der Waals surface area (Å²) in [5.41, 5.74) is 3.62. The molecular formula is C16H25N3O. The Labute approximate surface area is 122 Å². The fraction of sp³-hybridized carbons (Fsp3) is 0.312. The Morgan fingerprint density at radius 3 is 2.40 bits per heavy atom. The van der Waals surface area contributed by atoms with E-state index in [0.717, 1.165) is 22.5 Å². The first-order chi connectivity index (χ1) is 9.81. The zero-order valence-corrected chi connectivity index (χ0v) is 12.8. The maximum Gasteiger partial charge on any atom is 0.211 e. The van der Waals surface area contributed by atoms with Crippen LogP contribution in [0.15, 0.2) is 36.5 Å². The highest BCUT2D eigenvalue weighted by molar-refractivity contribution is 5.76. The lowest BCUT2D eigenvalue weighted by molar-refractivity contribution is -0.105. The molecule has 2 aromatic rings. The summed E-state index contributed by atoms with van der Waals surface area (Å²) in [5, 5.41) is 10.5. The zero-order valence-electron chi connectivity index (χ0n) is 12.8. The van der Waals surface area contributed by atoms with Crippen LogP contribution < -0.4 is 5.32 Å². The van der Waals surface area contributed by atoms with Gasteiger partial charge in [0.2, 0.25) is 6.41 Å². The molecule has 1 amide bonds. The highest BCUT2D eigenvalue weighted by atomic mass is 16.1. The first-order valence-corrected chi connectivity index (χ1v) is 6.90. The van der Waals surface area contributed by atoms with E-state index >= 15 is 0 Å². The van der Waals surface area contributed by atoms with Crippen LogP contribution in [0, 0.1) is 6.92 Å². The van der Waals surface area contributed by atoms with Crippen LogP contribution in [0.25, 0.3) is 11.3 Å². The predicted octanol–water partition coefficient (Wildman–Crippen LogP) is 4.32. The Morgan fingerprint density at radius 1 is 1.15 bits per heavy atom. The quantitative estimate of drug-likeness (QED) is 0.849. The van der Waals surface area contributed by atoms with Crippen molar-refractivity contribution in [1.82, 2.24) is 10.2 Å². The van der Waals surface area contributed by atoms with Crippen LogP contribution in [-0.2, 0) is 4.79 Å². The minimum absolute atomic E-state index is 0. The molecule has 4 nitrogen and oxygen atoms in total. The van der Waals surface area contributed by atoms with Gasteiger partial charge in [-0.3, -0.25) is 4.79 Å². The number of rotatable bonds is 3. The van der Waals surface area contributed by atoms with E-state index in [2.05, 4.69) is 15.5 Å². The van der Waals surface area contributed by atoms with Gasteiger partial charge in [0.25, 0.3) is 0 Å². The van der Waals surface area contributed by atoms with Crippen molar-refractivity contribution >= 4 is 12.1 Å². The molecule has 0 bridgehead atoms. The average molecular weight is 275 g/mol. The van der Waals surface area contributed by atoms with Gasteiger partial charge in [0.15, 0.2) is 0 Å². The number of nitrogens with one attached hydrogen (secondary N) is 1. The third-order valence-electron chi connectivity index (χ3n) is 2.31. The summed E-state index contributed by atoms with van der Waals surface area (Å²) in [7, 11) is 0. The van der Waals surface area contributed by atoms with Gasteiger partial charge in [-0.05, 0) is 36.8 Å². The lowest BCUT2D eigenvalue weighted by Gasteiger charge is -2.06. The summed E-state index contributed by atoms with van der Waals surface area (Å²) < 4.78 is 0. The zero-order chi connectivity index (χ0) is 15.4. The van der Waals surface area contributed by atoms with Gasteiger partial charge in [0.05, 0.1) is 5.69 Å². The summed E-state index contributed by atoms with van der Waals surface area (Å²) >= 11 is 0. The Kier molecular flexibility index (Phi) is 9.48. The summed E-state index contributed by atoms with van der Waals surface area (Å²) in [6.07, 6.45) is 2.29. The molecule has 2 rings (SSSR count). The topological polar surface area (TPSA) is 54.9 Å². The van der Waals surface area contributed by atoms with Crippen LogP contribution in [0.1, 0.15) is 34.7 Å². The van der Waals surface area contributed by atoms with E-state index in [-0.39, 0.29) is 1.43 Å². The van der Waals surface area contributed by atoms with Crippen molar-refractivity contribution in [2.45, 2.75) is 34.6 Å². The number of carbonyl (C=O) groups excluding carboxylic acids is 1. The molecule has 0 unspecified atom stereocenters. The van der Waals surface area contributed by atoms with E-state index in [1.54, 1.807) is 6.20 Å². The minimum Gasteiger partial charge on any atom is -0.329 e. The Bertz CT molecular complexity index is 504.